The van der Waals surface area contributed by atoms with E-state index >= 15 is 0 Å². The van der Waals surface area contributed by atoms with E-state index in [2.05, 4.69) is 0 Å². The van der Waals surface area contributed by atoms with Crippen LogP contribution < -0.4 is 20.6 Å². The van der Waals surface area contributed by atoms with Gasteiger partial charge < -0.3 is 19.6 Å². The van der Waals surface area contributed by atoms with Gasteiger partial charge in [0.15, 0.2) is 0 Å². The Morgan fingerprint density at radius 1 is 1.19 bits per heavy atom. The number of hydrogen-bond donors (Lipinski definition) is 1. The van der Waals surface area contributed by atoms with Gasteiger partial charge in [0.05, 0.1) is 5.39 Å². The van der Waals surface area contributed by atoms with Crippen LogP contribution in [0.15, 0.2) is 64.0 Å². The molecule has 0 bridgehead atoms. The minimum atomic E-state index is -0.693. The first-order chi connectivity index (χ1) is 13.1. The molecule has 3 rings (SSSR count). The minimum absolute atomic E-state index is 0.0810. The number of esters is 1. The molecule has 27 heavy (non-hydrogen) atoms. The van der Waals surface area contributed by atoms with E-state index in [9.17, 15) is 9.59 Å². The van der Waals surface area contributed by atoms with Crippen LogP contribution in [-0.4, -0.2) is 24.0 Å². The molecule has 0 saturated carbocycles. The molecule has 2 aromatic carbocycles. The smallest absolute Gasteiger partial charge is 0.328 e. The number of para-hydroxylation sites is 1. The summed E-state index contributed by atoms with van der Waals surface area (Å²) in [6.45, 7) is 0. The van der Waals surface area contributed by atoms with Crippen LogP contribution in [0, 0.1) is 0 Å². The van der Waals surface area contributed by atoms with Crippen molar-refractivity contribution >= 4 is 28.7 Å². The summed E-state index contributed by atoms with van der Waals surface area (Å²) in [5, 5.41) is 0.329. The van der Waals surface area contributed by atoms with E-state index in [0.717, 1.165) is 5.75 Å². The largest absolute Gasteiger partial charge is 0.460 e. The zero-order valence-electron chi connectivity index (χ0n) is 14.7. The fraction of sp³-hybridized carbons (Fsp3) is 0.200. The SMILES string of the molecule is CSCCC(N)C(=O)Oc1ccc2c(=O)c(Oc3ccccc3)coc2c1. The first-order valence-electron chi connectivity index (χ1n) is 8.33. The predicted molar refractivity (Wildman–Crippen MR) is 106 cm³/mol. The Hall–Kier alpha value is -2.77. The van der Waals surface area contributed by atoms with Gasteiger partial charge in [0, 0.05) is 6.07 Å². The third kappa shape index (κ3) is 4.69. The van der Waals surface area contributed by atoms with E-state index < -0.39 is 12.0 Å². The van der Waals surface area contributed by atoms with Crippen molar-refractivity contribution in [2.75, 3.05) is 12.0 Å². The minimum Gasteiger partial charge on any atom is -0.460 e. The number of benzene rings is 2. The predicted octanol–water partition coefficient (Wildman–Crippen LogP) is 3.57. The van der Waals surface area contributed by atoms with Crippen LogP contribution in [-0.2, 0) is 4.79 Å². The van der Waals surface area contributed by atoms with Crippen LogP contribution in [0.2, 0.25) is 0 Å². The Morgan fingerprint density at radius 3 is 2.70 bits per heavy atom. The monoisotopic (exact) mass is 385 g/mol. The maximum Gasteiger partial charge on any atom is 0.328 e. The van der Waals surface area contributed by atoms with E-state index in [1.54, 1.807) is 23.9 Å². The Balaban J connectivity index is 1.79. The van der Waals surface area contributed by atoms with Gasteiger partial charge in [-0.3, -0.25) is 4.79 Å². The van der Waals surface area contributed by atoms with E-state index in [-0.39, 0.29) is 16.9 Å². The van der Waals surface area contributed by atoms with Gasteiger partial charge >= 0.3 is 5.97 Å². The van der Waals surface area contributed by atoms with Gasteiger partial charge in [0.2, 0.25) is 11.2 Å². The summed E-state index contributed by atoms with van der Waals surface area (Å²) in [6, 6.07) is 12.8. The number of fused-ring (bicyclic) bond motifs is 1. The van der Waals surface area contributed by atoms with Crippen molar-refractivity contribution in [3.05, 3.63) is 65.0 Å². The van der Waals surface area contributed by atoms with Crippen LogP contribution in [0.3, 0.4) is 0 Å². The van der Waals surface area contributed by atoms with Gasteiger partial charge in [-0.25, -0.2) is 4.79 Å². The second-order valence-electron chi connectivity index (χ2n) is 5.81. The van der Waals surface area contributed by atoms with E-state index in [0.29, 0.717) is 23.1 Å². The van der Waals surface area contributed by atoms with Crippen molar-refractivity contribution in [1.29, 1.82) is 0 Å². The first-order valence-corrected chi connectivity index (χ1v) is 9.72. The van der Waals surface area contributed by atoms with Crippen LogP contribution in [0.4, 0.5) is 0 Å². The Bertz CT molecular complexity index is 987. The van der Waals surface area contributed by atoms with E-state index in [1.165, 1.54) is 24.5 Å². The number of thioether (sulfide) groups is 1. The highest BCUT2D eigenvalue weighted by molar-refractivity contribution is 7.98. The highest BCUT2D eigenvalue weighted by atomic mass is 32.2. The van der Waals surface area contributed by atoms with Gasteiger partial charge in [0.25, 0.3) is 0 Å². The van der Waals surface area contributed by atoms with Crippen molar-refractivity contribution in [2.24, 2.45) is 5.73 Å². The second-order valence-corrected chi connectivity index (χ2v) is 6.80. The van der Waals surface area contributed by atoms with Crippen LogP contribution in [0.1, 0.15) is 6.42 Å². The zero-order valence-corrected chi connectivity index (χ0v) is 15.5. The highest BCUT2D eigenvalue weighted by Crippen LogP contribution is 2.24. The number of carbonyl (C=O) groups is 1. The molecule has 1 heterocycles. The molecular formula is C20H19NO5S. The quantitative estimate of drug-likeness (QED) is 0.491. The topological polar surface area (TPSA) is 91.8 Å². The molecule has 0 aliphatic rings. The molecule has 6 nitrogen and oxygen atoms in total. The van der Waals surface area contributed by atoms with Crippen molar-refractivity contribution in [2.45, 2.75) is 12.5 Å². The molecule has 7 heteroatoms. The molecule has 0 saturated heterocycles. The summed E-state index contributed by atoms with van der Waals surface area (Å²) in [5.41, 5.74) is 5.79. The van der Waals surface area contributed by atoms with E-state index in [1.807, 2.05) is 24.5 Å². The fourth-order valence-electron chi connectivity index (χ4n) is 2.39. The number of nitrogens with two attached hydrogens (primary N) is 1. The average Bonchev–Trinajstić information content (AvgIpc) is 2.69. The lowest BCUT2D eigenvalue weighted by Gasteiger charge is -2.11. The molecule has 0 fully saturated rings. The lowest BCUT2D eigenvalue weighted by Crippen LogP contribution is -2.34. The summed E-state index contributed by atoms with van der Waals surface area (Å²) in [7, 11) is 0. The highest BCUT2D eigenvalue weighted by Gasteiger charge is 2.17. The summed E-state index contributed by atoms with van der Waals surface area (Å²) >= 11 is 1.61. The summed E-state index contributed by atoms with van der Waals surface area (Å²) < 4.78 is 16.3. The van der Waals surface area contributed by atoms with Crippen molar-refractivity contribution in [1.82, 2.24) is 0 Å². The Kier molecular flexibility index (Phi) is 6.16. The summed E-state index contributed by atoms with van der Waals surface area (Å²) in [5.74, 6) is 1.14. The normalized spacial score (nSPS) is 11.9. The number of carbonyl (C=O) groups excluding carboxylic acids is 1. The molecule has 3 aromatic rings. The average molecular weight is 385 g/mol. The van der Waals surface area contributed by atoms with Gasteiger partial charge in [-0.15, -0.1) is 0 Å². The van der Waals surface area contributed by atoms with Gasteiger partial charge in [-0.1, -0.05) is 18.2 Å². The summed E-state index contributed by atoms with van der Waals surface area (Å²) in [6.07, 6.45) is 3.72. The molecule has 0 spiro atoms. The summed E-state index contributed by atoms with van der Waals surface area (Å²) in [4.78, 5) is 24.6. The lowest BCUT2D eigenvalue weighted by atomic mass is 10.2. The fourth-order valence-corrected chi connectivity index (χ4v) is 2.88. The molecule has 0 aliphatic carbocycles. The standard InChI is InChI=1S/C20H19NO5S/c1-27-10-9-16(21)20(23)26-14-7-8-15-17(11-14)24-12-18(19(15)22)25-13-5-3-2-4-6-13/h2-8,11-12,16H,9-10,21H2,1H3. The zero-order chi connectivity index (χ0) is 19.2. The van der Waals surface area contributed by atoms with Gasteiger partial charge in [-0.2, -0.15) is 11.8 Å². The second kappa shape index (κ2) is 8.75. The van der Waals surface area contributed by atoms with Crippen LogP contribution in [0.25, 0.3) is 11.0 Å². The number of rotatable bonds is 7. The maximum atomic E-state index is 12.6. The third-order valence-corrected chi connectivity index (χ3v) is 4.48. The molecule has 0 amide bonds. The maximum absolute atomic E-state index is 12.6. The molecule has 140 valence electrons. The molecule has 1 atom stereocenters. The van der Waals surface area contributed by atoms with Gasteiger partial charge in [-0.05, 0) is 42.7 Å². The van der Waals surface area contributed by atoms with Crippen molar-refractivity contribution < 1.29 is 18.7 Å². The molecule has 0 radical (unpaired) electrons. The van der Waals surface area contributed by atoms with Crippen LogP contribution in [0.5, 0.6) is 17.2 Å². The first kappa shape index (κ1) is 19.0. The van der Waals surface area contributed by atoms with Crippen molar-refractivity contribution in [3.8, 4) is 17.2 Å². The van der Waals surface area contributed by atoms with Crippen LogP contribution >= 0.6 is 11.8 Å². The molecular weight excluding hydrogens is 366 g/mol. The van der Waals surface area contributed by atoms with Gasteiger partial charge in [0.1, 0.15) is 29.4 Å². The number of ether oxygens (including phenoxy) is 2. The van der Waals surface area contributed by atoms with E-state index in [4.69, 9.17) is 19.6 Å². The molecule has 1 aromatic heterocycles. The molecule has 0 aliphatic heterocycles. The molecule has 2 N–H and O–H groups in total. The number of hydrogen-bond acceptors (Lipinski definition) is 7. The Morgan fingerprint density at radius 2 is 1.96 bits per heavy atom. The third-order valence-electron chi connectivity index (χ3n) is 3.84. The van der Waals surface area contributed by atoms with Crippen molar-refractivity contribution in [3.63, 3.8) is 0 Å². The molecule has 1 unspecified atom stereocenters. The Labute approximate surface area is 160 Å². The lowest BCUT2D eigenvalue weighted by molar-refractivity contribution is -0.135.